The van der Waals surface area contributed by atoms with E-state index in [0.29, 0.717) is 19.3 Å². The van der Waals surface area contributed by atoms with Gasteiger partial charge in [-0.15, -0.1) is 0 Å². The van der Waals surface area contributed by atoms with Gasteiger partial charge in [0.1, 0.15) is 5.60 Å². The van der Waals surface area contributed by atoms with Crippen LogP contribution in [0.5, 0.6) is 0 Å². The second-order valence-electron chi connectivity index (χ2n) is 5.73. The molecule has 1 aromatic heterocycles. The molecule has 0 aliphatic carbocycles. The van der Waals surface area contributed by atoms with E-state index in [-0.39, 0.29) is 12.6 Å². The van der Waals surface area contributed by atoms with Crippen molar-refractivity contribution < 1.29 is 14.6 Å². The fraction of sp³-hybridized carbons (Fsp3) is 0.600. The zero-order chi connectivity index (χ0) is 15.0. The van der Waals surface area contributed by atoms with Crippen molar-refractivity contribution >= 4 is 6.09 Å². The minimum atomic E-state index is -0.517. The summed E-state index contributed by atoms with van der Waals surface area (Å²) in [6.07, 6.45) is 3.24. The van der Waals surface area contributed by atoms with Gasteiger partial charge in [0, 0.05) is 31.0 Å². The maximum Gasteiger partial charge on any atom is 0.407 e. The monoisotopic (exact) mass is 280 g/mol. The highest BCUT2D eigenvalue weighted by molar-refractivity contribution is 5.68. The molecule has 0 saturated heterocycles. The third-order valence-electron chi connectivity index (χ3n) is 2.61. The Bertz CT molecular complexity index is 401. The van der Waals surface area contributed by atoms with Gasteiger partial charge in [0.15, 0.2) is 0 Å². The quantitative estimate of drug-likeness (QED) is 0.838. The van der Waals surface area contributed by atoms with Crippen LogP contribution in [-0.2, 0) is 11.2 Å². The Morgan fingerprint density at radius 3 is 2.75 bits per heavy atom. The minimum Gasteiger partial charge on any atom is -0.444 e. The second kappa shape index (κ2) is 7.85. The minimum absolute atomic E-state index is 0.0908. The highest BCUT2D eigenvalue weighted by Gasteiger charge is 2.19. The van der Waals surface area contributed by atoms with Crippen molar-refractivity contribution in [2.75, 3.05) is 6.61 Å². The van der Waals surface area contributed by atoms with Crippen LogP contribution in [0.3, 0.4) is 0 Å². The van der Waals surface area contributed by atoms with Crippen molar-refractivity contribution in [1.29, 1.82) is 0 Å². The molecule has 0 radical (unpaired) electrons. The van der Waals surface area contributed by atoms with Crippen molar-refractivity contribution in [2.45, 2.75) is 51.7 Å². The molecule has 0 aliphatic heterocycles. The van der Waals surface area contributed by atoms with Crippen LogP contribution in [-0.4, -0.2) is 34.4 Å². The summed E-state index contributed by atoms with van der Waals surface area (Å²) in [5.74, 6) is 0. The predicted octanol–water partition coefficient (Wildman–Crippen LogP) is 2.29. The Morgan fingerprint density at radius 2 is 2.20 bits per heavy atom. The van der Waals surface area contributed by atoms with Crippen molar-refractivity contribution in [3.05, 3.63) is 30.1 Å². The first-order chi connectivity index (χ1) is 9.40. The normalized spacial score (nSPS) is 12.8. The number of carbonyl (C=O) groups excluding carboxylic acids is 1. The Kier molecular flexibility index (Phi) is 6.45. The van der Waals surface area contributed by atoms with E-state index in [1.165, 1.54) is 0 Å². The lowest BCUT2D eigenvalue weighted by molar-refractivity contribution is 0.0499. The molecule has 5 heteroatoms. The third kappa shape index (κ3) is 7.09. The molecule has 1 unspecified atom stereocenters. The molecule has 0 bridgehead atoms. The van der Waals surface area contributed by atoms with Crippen LogP contribution in [0.15, 0.2) is 24.4 Å². The van der Waals surface area contributed by atoms with Gasteiger partial charge in [0.05, 0.1) is 0 Å². The first-order valence-corrected chi connectivity index (χ1v) is 6.91. The summed E-state index contributed by atoms with van der Waals surface area (Å²) in [4.78, 5) is 16.1. The van der Waals surface area contributed by atoms with Gasteiger partial charge in [-0.2, -0.15) is 0 Å². The summed E-state index contributed by atoms with van der Waals surface area (Å²) < 4.78 is 5.25. The molecule has 1 amide bonds. The number of nitrogens with zero attached hydrogens (tertiary/aromatic N) is 1. The molecule has 0 spiro atoms. The number of rotatable bonds is 6. The number of carbonyl (C=O) groups is 1. The summed E-state index contributed by atoms with van der Waals surface area (Å²) in [6.45, 7) is 5.59. The van der Waals surface area contributed by atoms with E-state index in [9.17, 15) is 4.79 Å². The number of pyridine rings is 1. The van der Waals surface area contributed by atoms with Crippen molar-refractivity contribution in [3.63, 3.8) is 0 Å². The van der Waals surface area contributed by atoms with E-state index in [4.69, 9.17) is 9.84 Å². The van der Waals surface area contributed by atoms with Crippen molar-refractivity contribution in [3.8, 4) is 0 Å². The molecule has 2 N–H and O–H groups in total. The number of hydrogen-bond donors (Lipinski definition) is 2. The summed E-state index contributed by atoms with van der Waals surface area (Å²) in [6, 6.07) is 5.60. The fourth-order valence-corrected chi connectivity index (χ4v) is 1.81. The van der Waals surface area contributed by atoms with Crippen LogP contribution in [0, 0.1) is 0 Å². The van der Waals surface area contributed by atoms with E-state index in [0.717, 1.165) is 5.69 Å². The van der Waals surface area contributed by atoms with Crippen LogP contribution >= 0.6 is 0 Å². The zero-order valence-corrected chi connectivity index (χ0v) is 12.4. The lowest BCUT2D eigenvalue weighted by atomic mass is 10.1. The molecule has 0 aromatic carbocycles. The van der Waals surface area contributed by atoms with Gasteiger partial charge in [0.2, 0.25) is 0 Å². The molecule has 1 aromatic rings. The highest BCUT2D eigenvalue weighted by atomic mass is 16.6. The Morgan fingerprint density at radius 1 is 1.45 bits per heavy atom. The van der Waals surface area contributed by atoms with Crippen molar-refractivity contribution in [1.82, 2.24) is 10.3 Å². The van der Waals surface area contributed by atoms with Gasteiger partial charge in [-0.05, 0) is 45.7 Å². The summed E-state index contributed by atoms with van der Waals surface area (Å²) in [5, 5.41) is 11.8. The molecule has 0 saturated carbocycles. The molecule has 0 fully saturated rings. The molecule has 1 rings (SSSR count). The summed E-state index contributed by atoms with van der Waals surface area (Å²) in [7, 11) is 0. The van der Waals surface area contributed by atoms with Crippen LogP contribution in [0.2, 0.25) is 0 Å². The number of nitrogens with one attached hydrogen (secondary N) is 1. The Hall–Kier alpha value is -1.62. The second-order valence-corrected chi connectivity index (χ2v) is 5.73. The molecule has 1 atom stereocenters. The summed E-state index contributed by atoms with van der Waals surface area (Å²) in [5.41, 5.74) is 0.392. The maximum atomic E-state index is 11.8. The number of aromatic nitrogens is 1. The van der Waals surface area contributed by atoms with E-state index in [1.807, 2.05) is 39.0 Å². The number of hydrogen-bond acceptors (Lipinski definition) is 4. The lowest BCUT2D eigenvalue weighted by Crippen LogP contribution is -2.40. The van der Waals surface area contributed by atoms with Gasteiger partial charge in [-0.1, -0.05) is 6.07 Å². The van der Waals surface area contributed by atoms with Gasteiger partial charge in [-0.3, -0.25) is 4.98 Å². The van der Waals surface area contributed by atoms with E-state index >= 15 is 0 Å². The van der Waals surface area contributed by atoms with Gasteiger partial charge < -0.3 is 15.2 Å². The Labute approximate surface area is 120 Å². The van der Waals surface area contributed by atoms with E-state index < -0.39 is 11.7 Å². The Balaban J connectivity index is 2.57. The van der Waals surface area contributed by atoms with E-state index in [1.54, 1.807) is 6.20 Å². The number of aliphatic hydroxyl groups is 1. The fourth-order valence-electron chi connectivity index (χ4n) is 1.81. The average Bonchev–Trinajstić information content (AvgIpc) is 2.35. The molecule has 1 heterocycles. The van der Waals surface area contributed by atoms with Gasteiger partial charge >= 0.3 is 6.09 Å². The van der Waals surface area contributed by atoms with Crippen LogP contribution < -0.4 is 5.32 Å². The predicted molar refractivity (Wildman–Crippen MR) is 77.4 cm³/mol. The number of alkyl carbamates (subject to hydrolysis) is 1. The molecule has 0 aliphatic rings. The van der Waals surface area contributed by atoms with Crippen LogP contribution in [0.25, 0.3) is 0 Å². The average molecular weight is 280 g/mol. The molecule has 5 nitrogen and oxygen atoms in total. The lowest BCUT2D eigenvalue weighted by Gasteiger charge is -2.23. The smallest absolute Gasteiger partial charge is 0.407 e. The first-order valence-electron chi connectivity index (χ1n) is 6.91. The van der Waals surface area contributed by atoms with Crippen LogP contribution in [0.1, 0.15) is 39.3 Å². The van der Waals surface area contributed by atoms with E-state index in [2.05, 4.69) is 10.3 Å². The molecule has 20 heavy (non-hydrogen) atoms. The van der Waals surface area contributed by atoms with Crippen molar-refractivity contribution in [2.24, 2.45) is 0 Å². The SMILES string of the molecule is CC(C)(C)OC(=O)NC(CCCO)Cc1ccccn1. The number of amides is 1. The highest BCUT2D eigenvalue weighted by Crippen LogP contribution is 2.09. The van der Waals surface area contributed by atoms with Gasteiger partial charge in [-0.25, -0.2) is 4.79 Å². The number of aliphatic hydroxyl groups excluding tert-OH is 1. The topological polar surface area (TPSA) is 71.5 Å². The summed E-state index contributed by atoms with van der Waals surface area (Å²) >= 11 is 0. The largest absolute Gasteiger partial charge is 0.444 e. The van der Waals surface area contributed by atoms with Gasteiger partial charge in [0.25, 0.3) is 0 Å². The molecular formula is C15H24N2O3. The standard InChI is InChI=1S/C15H24N2O3/c1-15(2,3)20-14(19)17-13(8-6-10-18)11-12-7-4-5-9-16-12/h4-5,7,9,13,18H,6,8,10-11H2,1-3H3,(H,17,19). The maximum absolute atomic E-state index is 11.8. The third-order valence-corrected chi connectivity index (χ3v) is 2.61. The first kappa shape index (κ1) is 16.4. The number of ether oxygens (including phenoxy) is 1. The molecule has 112 valence electrons. The zero-order valence-electron chi connectivity index (χ0n) is 12.4. The van der Waals surface area contributed by atoms with Crippen LogP contribution in [0.4, 0.5) is 4.79 Å². The molecular weight excluding hydrogens is 256 g/mol.